The van der Waals surface area contributed by atoms with Crippen molar-refractivity contribution in [2.75, 3.05) is 0 Å². The summed E-state index contributed by atoms with van der Waals surface area (Å²) >= 11 is 9.38. The number of carbonyl (C=O) groups is 2. The van der Waals surface area contributed by atoms with Gasteiger partial charge in [-0.3, -0.25) is 9.59 Å². The number of nitriles is 4. The molecular weight excluding hydrogens is 1320 g/mol. The SMILES string of the molecule is Cc1ccc(C2(c3ccc(C)cc3)c3cc(-c4nc5sc(C=C6C(=O)c7ccccc7C6=C(C#N)C#N)nc5s4)ccc3-c3cc4c(cc32)-c2sc3cc(-c5nc6sc(C=C7C(=O)c8ccccc8C7=C(C#N)C#N)nc6s5)sc3c2C4(c2ccc(C)cc2)c2ccc(C)cc2)cc1. The summed E-state index contributed by atoms with van der Waals surface area (Å²) in [5.41, 5.74) is 19.9. The molecule has 8 aromatic carbocycles. The molecule has 0 saturated heterocycles. The van der Waals surface area contributed by atoms with Crippen molar-refractivity contribution in [3.05, 3.63) is 303 Å². The maximum Gasteiger partial charge on any atom is 0.194 e. The molecule has 0 fully saturated rings. The van der Waals surface area contributed by atoms with E-state index in [0.717, 1.165) is 83.4 Å². The summed E-state index contributed by atoms with van der Waals surface area (Å²) in [6.45, 7) is 8.56. The van der Waals surface area contributed by atoms with Gasteiger partial charge in [0.1, 0.15) is 55.5 Å². The van der Waals surface area contributed by atoms with E-state index in [1.54, 1.807) is 72.0 Å². The molecule has 0 saturated carbocycles. The monoisotopic (exact) mass is 1360 g/mol. The van der Waals surface area contributed by atoms with Crippen LogP contribution < -0.4 is 0 Å². The van der Waals surface area contributed by atoms with Gasteiger partial charge in [0.15, 0.2) is 30.9 Å². The Bertz CT molecular complexity index is 6060. The number of Topliss-reactive ketones (excluding diaryl/α,β-unsaturated/α-hetero) is 2. The van der Waals surface area contributed by atoms with Crippen LogP contribution in [0, 0.1) is 73.0 Å². The average Bonchev–Trinajstić information content (AvgIpc) is 1.50. The van der Waals surface area contributed by atoms with Crippen molar-refractivity contribution in [1.82, 2.24) is 19.9 Å². The van der Waals surface area contributed by atoms with Crippen molar-refractivity contribution in [2.45, 2.75) is 38.5 Å². The lowest BCUT2D eigenvalue weighted by molar-refractivity contribution is 0.103. The van der Waals surface area contributed by atoms with Gasteiger partial charge in [-0.25, -0.2) is 19.9 Å². The van der Waals surface area contributed by atoms with Crippen LogP contribution in [0.1, 0.15) is 109 Å². The zero-order chi connectivity index (χ0) is 66.6. The Morgan fingerprint density at radius 1 is 0.398 bits per heavy atom. The highest BCUT2D eigenvalue weighted by Crippen LogP contribution is 2.67. The molecule has 4 aliphatic carbocycles. The van der Waals surface area contributed by atoms with E-state index in [0.29, 0.717) is 43.4 Å². The van der Waals surface area contributed by atoms with Crippen LogP contribution in [0.25, 0.3) is 94.0 Å². The average molecular weight is 1370 g/mol. The first-order valence-corrected chi connectivity index (χ1v) is 36.3. The number of fused-ring (bicyclic) bond motifs is 12. The Balaban J connectivity index is 0.809. The Hall–Kier alpha value is -11.3. The van der Waals surface area contributed by atoms with Gasteiger partial charge < -0.3 is 0 Å². The normalized spacial score (nSPS) is 15.1. The number of allylic oxidation sites excluding steroid dienone is 6. The minimum atomic E-state index is -0.804. The molecule has 18 rings (SSSR count). The fraction of sp³-hybridized carbons (Fsp3) is 0.0732. The largest absolute Gasteiger partial charge is 0.289 e. The number of thiophene rings is 2. The quantitative estimate of drug-likeness (QED) is 0.105. The molecule has 16 heteroatoms. The fourth-order valence-corrected chi connectivity index (χ4v) is 21.8. The van der Waals surface area contributed by atoms with Crippen LogP contribution in [0.15, 0.2) is 204 Å². The number of ketones is 2. The molecule has 10 nitrogen and oxygen atoms in total. The number of carbonyl (C=O) groups excluding carboxylic acids is 2. The van der Waals surface area contributed by atoms with E-state index in [1.165, 1.54) is 99.4 Å². The van der Waals surface area contributed by atoms with Crippen molar-refractivity contribution in [3.8, 4) is 66.3 Å². The standard InChI is InChI=1S/C82H44N8O2S6/c1-41-13-22-48(23-14-41)81(49-24-15-42(2)16-25-49)61-31-45(75-89-79-77(97-75)87-66(95-79)34-59-68(46(37-83)38-84)53-9-5-7-11-55(53)71(59)91)21-30-52(61)57-32-63-58(33-62(57)81)73-70(82(63,50-26-17-43(3)18-27-50)51-28-19-44(4)20-29-51)74-64(93-73)36-65(94-74)76-90-80-78(98-76)88-67(96-80)35-60-69(47(39-85)40-86)54-10-6-8-12-56(54)72(60)92/h5-36H,1-4H3. The molecule has 0 bridgehead atoms. The lowest BCUT2D eigenvalue weighted by Gasteiger charge is -2.36. The summed E-state index contributed by atoms with van der Waals surface area (Å²) in [7, 11) is 0. The van der Waals surface area contributed by atoms with Crippen LogP contribution in [-0.2, 0) is 10.8 Å². The van der Waals surface area contributed by atoms with E-state index < -0.39 is 10.8 Å². The molecule has 0 spiro atoms. The lowest BCUT2D eigenvalue weighted by Crippen LogP contribution is -2.30. The van der Waals surface area contributed by atoms with Crippen LogP contribution in [0.5, 0.6) is 0 Å². The fourth-order valence-electron chi connectivity index (χ4n) is 15.0. The van der Waals surface area contributed by atoms with Gasteiger partial charge in [-0.05, 0) is 131 Å². The third-order valence-electron chi connectivity index (χ3n) is 19.4. The number of hydrogen-bond acceptors (Lipinski definition) is 16. The molecule has 460 valence electrons. The summed E-state index contributed by atoms with van der Waals surface area (Å²) in [4.78, 5) is 53.5. The third kappa shape index (κ3) is 8.54. The minimum Gasteiger partial charge on any atom is -0.289 e. The summed E-state index contributed by atoms with van der Waals surface area (Å²) in [5.74, 6) is -0.502. The van der Waals surface area contributed by atoms with Gasteiger partial charge in [0.2, 0.25) is 0 Å². The van der Waals surface area contributed by atoms with Gasteiger partial charge in [0.05, 0.1) is 20.4 Å². The second-order valence-corrected chi connectivity index (χ2v) is 31.0. The van der Waals surface area contributed by atoms with Gasteiger partial charge in [0, 0.05) is 54.1 Å². The Morgan fingerprint density at radius 2 is 0.816 bits per heavy atom. The molecule has 98 heavy (non-hydrogen) atoms. The predicted molar refractivity (Wildman–Crippen MR) is 396 cm³/mol. The van der Waals surface area contributed by atoms with Crippen molar-refractivity contribution < 1.29 is 9.59 Å². The van der Waals surface area contributed by atoms with Crippen molar-refractivity contribution >= 4 is 132 Å². The molecule has 0 N–H and O–H groups in total. The van der Waals surface area contributed by atoms with E-state index >= 15 is 0 Å². The number of rotatable bonds is 8. The molecule has 0 radical (unpaired) electrons. The van der Waals surface area contributed by atoms with E-state index in [1.807, 2.05) is 35.6 Å². The highest BCUT2D eigenvalue weighted by molar-refractivity contribution is 7.34. The first-order valence-electron chi connectivity index (χ1n) is 31.4. The van der Waals surface area contributed by atoms with E-state index in [-0.39, 0.29) is 33.9 Å². The van der Waals surface area contributed by atoms with Crippen LogP contribution in [0.2, 0.25) is 0 Å². The molecule has 6 aromatic heterocycles. The third-order valence-corrected chi connectivity index (χ3v) is 26.1. The summed E-state index contributed by atoms with van der Waals surface area (Å²) in [6, 6.07) is 72.8. The van der Waals surface area contributed by atoms with E-state index in [4.69, 9.17) is 19.9 Å². The summed E-state index contributed by atoms with van der Waals surface area (Å²) in [5, 5.41) is 42.8. The van der Waals surface area contributed by atoms with Gasteiger partial charge in [-0.1, -0.05) is 225 Å². The summed E-state index contributed by atoms with van der Waals surface area (Å²) in [6.07, 6.45) is 3.39. The highest BCUT2D eigenvalue weighted by atomic mass is 32.1. The lowest BCUT2D eigenvalue weighted by atomic mass is 9.65. The second kappa shape index (κ2) is 22.1. The Morgan fingerprint density at radius 3 is 1.30 bits per heavy atom. The van der Waals surface area contributed by atoms with Crippen LogP contribution >= 0.6 is 68.0 Å². The molecule has 4 aliphatic rings. The number of nitrogens with zero attached hydrogens (tertiary/aromatic N) is 8. The number of aromatic nitrogens is 4. The molecule has 0 amide bonds. The van der Waals surface area contributed by atoms with E-state index in [9.17, 15) is 30.6 Å². The number of thiazole rings is 4. The first kappa shape index (κ1) is 59.2. The zero-order valence-corrected chi connectivity index (χ0v) is 57.2. The smallest absolute Gasteiger partial charge is 0.194 e. The van der Waals surface area contributed by atoms with Crippen molar-refractivity contribution in [1.29, 1.82) is 21.0 Å². The minimum absolute atomic E-state index is 0.118. The van der Waals surface area contributed by atoms with Crippen molar-refractivity contribution in [3.63, 3.8) is 0 Å². The van der Waals surface area contributed by atoms with Crippen LogP contribution in [0.3, 0.4) is 0 Å². The Kier molecular flexibility index (Phi) is 13.4. The van der Waals surface area contributed by atoms with Crippen molar-refractivity contribution in [2.24, 2.45) is 0 Å². The highest BCUT2D eigenvalue weighted by Gasteiger charge is 2.53. The molecule has 0 aliphatic heterocycles. The maximum absolute atomic E-state index is 13.9. The van der Waals surface area contributed by atoms with E-state index in [2.05, 4.69) is 161 Å². The predicted octanol–water partition coefficient (Wildman–Crippen LogP) is 20.6. The summed E-state index contributed by atoms with van der Waals surface area (Å²) < 4.78 is 2.36. The zero-order valence-electron chi connectivity index (χ0n) is 52.3. The second-order valence-electron chi connectivity index (χ2n) is 25.0. The van der Waals surface area contributed by atoms with Gasteiger partial charge >= 0.3 is 0 Å². The number of benzene rings is 8. The van der Waals surface area contributed by atoms with Gasteiger partial charge in [-0.2, -0.15) is 21.0 Å². The molecule has 0 unspecified atom stereocenters. The molecule has 14 aromatic rings. The van der Waals surface area contributed by atoms with Crippen LogP contribution in [0.4, 0.5) is 0 Å². The maximum atomic E-state index is 13.9. The van der Waals surface area contributed by atoms with Crippen LogP contribution in [-0.4, -0.2) is 31.5 Å². The van der Waals surface area contributed by atoms with Gasteiger partial charge in [-0.15, -0.1) is 22.7 Å². The molecule has 6 heterocycles. The van der Waals surface area contributed by atoms with Gasteiger partial charge in [0.25, 0.3) is 0 Å². The topological polar surface area (TPSA) is 181 Å². The first-order chi connectivity index (χ1) is 47.8. The molecule has 0 atom stereocenters. The number of hydrogen-bond donors (Lipinski definition) is 0. The Labute approximate surface area is 585 Å². The number of aryl methyl sites for hydroxylation is 4. The molecular formula is C82H44N8O2S6.